The summed E-state index contributed by atoms with van der Waals surface area (Å²) in [6, 6.07) is 4.17. The summed E-state index contributed by atoms with van der Waals surface area (Å²) in [5.74, 6) is 3.72. The highest BCUT2D eigenvalue weighted by Gasteiger charge is 2.53. The maximum Gasteiger partial charge on any atom is 0.161 e. The molecule has 0 atom stereocenters. The first-order valence-electron chi connectivity index (χ1n) is 9.37. The van der Waals surface area contributed by atoms with Crippen LogP contribution in [0, 0.1) is 37.0 Å². The molecule has 0 radical (unpaired) electrons. The van der Waals surface area contributed by atoms with Gasteiger partial charge in [-0.15, -0.1) is 0 Å². The van der Waals surface area contributed by atoms with Crippen LogP contribution in [-0.2, 0) is 4.79 Å². The van der Waals surface area contributed by atoms with E-state index in [0.717, 1.165) is 48.3 Å². The van der Waals surface area contributed by atoms with E-state index in [2.05, 4.69) is 19.9 Å². The molecule has 2 heteroatoms. The molecule has 24 heavy (non-hydrogen) atoms. The summed E-state index contributed by atoms with van der Waals surface area (Å²) < 4.78 is 5.45. The second-order valence-corrected chi connectivity index (χ2v) is 8.56. The van der Waals surface area contributed by atoms with E-state index < -0.39 is 0 Å². The molecule has 0 N–H and O–H groups in total. The third kappa shape index (κ3) is 2.60. The van der Waals surface area contributed by atoms with Gasteiger partial charge in [-0.25, -0.2) is 0 Å². The fourth-order valence-electron chi connectivity index (χ4n) is 5.92. The zero-order valence-corrected chi connectivity index (χ0v) is 15.1. The van der Waals surface area contributed by atoms with Crippen LogP contribution in [0.3, 0.4) is 0 Å². The molecule has 0 spiro atoms. The average Bonchev–Trinajstić information content (AvgIpc) is 2.54. The highest BCUT2D eigenvalue weighted by atomic mass is 16.5. The lowest BCUT2D eigenvalue weighted by Gasteiger charge is -2.55. The molecule has 0 saturated heterocycles. The number of aryl methyl sites for hydroxylation is 1. The van der Waals surface area contributed by atoms with Gasteiger partial charge in [0.2, 0.25) is 0 Å². The number of hydrogen-bond acceptors (Lipinski definition) is 2. The van der Waals surface area contributed by atoms with Gasteiger partial charge < -0.3 is 4.74 Å². The van der Waals surface area contributed by atoms with Crippen molar-refractivity contribution in [1.82, 2.24) is 0 Å². The molecule has 1 aromatic rings. The van der Waals surface area contributed by atoms with E-state index in [9.17, 15) is 4.79 Å². The number of carbonyl (C=O) groups excluding carboxylic acids is 1. The van der Waals surface area contributed by atoms with Gasteiger partial charge in [-0.3, -0.25) is 4.79 Å². The Balaban J connectivity index is 1.56. The van der Waals surface area contributed by atoms with Crippen LogP contribution >= 0.6 is 0 Å². The maximum atomic E-state index is 13.1. The zero-order valence-electron chi connectivity index (χ0n) is 15.1. The molecular formula is C22H28O2. The number of carbonyl (C=O) groups is 1. The minimum atomic E-state index is -0.0327. The first-order valence-corrected chi connectivity index (χ1v) is 9.37. The van der Waals surface area contributed by atoms with E-state index in [1.54, 1.807) is 7.11 Å². The van der Waals surface area contributed by atoms with Gasteiger partial charge in [-0.05, 0) is 99.0 Å². The minimum Gasteiger partial charge on any atom is -0.496 e. The van der Waals surface area contributed by atoms with Crippen molar-refractivity contribution in [3.63, 3.8) is 0 Å². The summed E-state index contributed by atoms with van der Waals surface area (Å²) in [7, 11) is 1.70. The summed E-state index contributed by atoms with van der Waals surface area (Å²) >= 11 is 0. The summed E-state index contributed by atoms with van der Waals surface area (Å²) in [6.45, 7) is 4.17. The Morgan fingerprint density at radius 3 is 2.21 bits per heavy atom. The fraction of sp³-hybridized carbons (Fsp3) is 0.591. The molecule has 4 aliphatic carbocycles. The molecule has 0 heterocycles. The number of hydrogen-bond donors (Lipinski definition) is 0. The highest BCUT2D eigenvalue weighted by molar-refractivity contribution is 5.98. The Labute approximate surface area is 145 Å². The second-order valence-electron chi connectivity index (χ2n) is 8.56. The molecule has 4 bridgehead atoms. The van der Waals surface area contributed by atoms with Crippen molar-refractivity contribution in [3.05, 3.63) is 34.9 Å². The van der Waals surface area contributed by atoms with Crippen molar-refractivity contribution in [3.8, 4) is 5.75 Å². The van der Waals surface area contributed by atoms with Crippen LogP contribution in [0.15, 0.2) is 18.2 Å². The summed E-state index contributed by atoms with van der Waals surface area (Å²) in [5.41, 5.74) is 3.40. The molecule has 0 aliphatic heterocycles. The fourth-order valence-corrected chi connectivity index (χ4v) is 5.92. The van der Waals surface area contributed by atoms with Crippen LogP contribution < -0.4 is 4.74 Å². The maximum absolute atomic E-state index is 13.1. The van der Waals surface area contributed by atoms with Crippen LogP contribution in [0.4, 0.5) is 0 Å². The van der Waals surface area contributed by atoms with Crippen molar-refractivity contribution >= 4 is 11.9 Å². The van der Waals surface area contributed by atoms with Crippen LogP contribution in [0.5, 0.6) is 5.75 Å². The number of benzene rings is 1. The van der Waals surface area contributed by atoms with Gasteiger partial charge in [-0.1, -0.05) is 12.1 Å². The van der Waals surface area contributed by atoms with Crippen molar-refractivity contribution in [2.75, 3.05) is 7.11 Å². The number of rotatable bonds is 4. The van der Waals surface area contributed by atoms with Gasteiger partial charge in [0.1, 0.15) is 5.75 Å². The molecule has 128 valence electrons. The number of methoxy groups -OCH3 is 1. The third-order valence-electron chi connectivity index (χ3n) is 6.85. The molecule has 0 aromatic heterocycles. The lowest BCUT2D eigenvalue weighted by atomic mass is 9.48. The third-order valence-corrected chi connectivity index (χ3v) is 6.85. The van der Waals surface area contributed by atoms with Gasteiger partial charge in [0.05, 0.1) is 7.11 Å². The second kappa shape index (κ2) is 5.75. The van der Waals surface area contributed by atoms with Gasteiger partial charge in [0.15, 0.2) is 5.78 Å². The average molecular weight is 324 g/mol. The summed E-state index contributed by atoms with van der Waals surface area (Å²) in [5, 5.41) is 0. The Bertz CT molecular complexity index is 663. The van der Waals surface area contributed by atoms with E-state index in [-0.39, 0.29) is 5.41 Å². The molecular weight excluding hydrogens is 296 g/mol. The van der Waals surface area contributed by atoms with Crippen molar-refractivity contribution in [2.24, 2.45) is 23.2 Å². The van der Waals surface area contributed by atoms with Crippen LogP contribution in [0.1, 0.15) is 55.2 Å². The predicted octanol–water partition coefficient (Wildman–Crippen LogP) is 5.11. The number of ketones is 1. The van der Waals surface area contributed by atoms with E-state index >= 15 is 0 Å². The largest absolute Gasteiger partial charge is 0.496 e. The minimum absolute atomic E-state index is 0.0327. The van der Waals surface area contributed by atoms with Gasteiger partial charge in [0.25, 0.3) is 0 Å². The zero-order chi connectivity index (χ0) is 16.9. The molecule has 5 rings (SSSR count). The van der Waals surface area contributed by atoms with E-state index in [1.165, 1.54) is 30.4 Å². The van der Waals surface area contributed by atoms with Crippen molar-refractivity contribution in [1.29, 1.82) is 0 Å². The van der Waals surface area contributed by atoms with Gasteiger partial charge in [0, 0.05) is 5.41 Å². The standard InChI is InChI=1S/C22H28O2/c1-14-6-16(10-20(24-3)15(14)2)4-5-21(23)22-11-17-7-18(12-22)9-19(8-17)13-22/h4-6,10,17-19H,7-9,11-13H2,1-3H3/b5-4+. The van der Waals surface area contributed by atoms with Crippen LogP contribution in [0.25, 0.3) is 6.08 Å². The topological polar surface area (TPSA) is 26.3 Å². The van der Waals surface area contributed by atoms with Gasteiger partial charge >= 0.3 is 0 Å². The Kier molecular flexibility index (Phi) is 3.82. The van der Waals surface area contributed by atoms with Gasteiger partial charge in [-0.2, -0.15) is 0 Å². The SMILES string of the molecule is COc1cc(/C=C/C(=O)C23CC4CC(CC(C4)C2)C3)cc(C)c1C. The monoisotopic (exact) mass is 324 g/mol. The molecule has 4 fully saturated rings. The summed E-state index contributed by atoms with van der Waals surface area (Å²) in [6.07, 6.45) is 11.4. The van der Waals surface area contributed by atoms with Crippen LogP contribution in [-0.4, -0.2) is 12.9 Å². The van der Waals surface area contributed by atoms with E-state index in [1.807, 2.05) is 18.2 Å². The molecule has 4 saturated carbocycles. The molecule has 0 unspecified atom stereocenters. The predicted molar refractivity (Wildman–Crippen MR) is 97.1 cm³/mol. The Hall–Kier alpha value is -1.57. The van der Waals surface area contributed by atoms with E-state index in [4.69, 9.17) is 4.74 Å². The highest BCUT2D eigenvalue weighted by Crippen LogP contribution is 2.60. The smallest absolute Gasteiger partial charge is 0.161 e. The first-order chi connectivity index (χ1) is 11.5. The molecule has 0 amide bonds. The first kappa shape index (κ1) is 15.9. The molecule has 4 aliphatic rings. The lowest BCUT2D eigenvalue weighted by Crippen LogP contribution is -2.49. The van der Waals surface area contributed by atoms with E-state index in [0.29, 0.717) is 5.78 Å². The normalized spacial score (nSPS) is 34.0. The van der Waals surface area contributed by atoms with Crippen molar-refractivity contribution in [2.45, 2.75) is 52.4 Å². The Morgan fingerprint density at radius 2 is 1.67 bits per heavy atom. The Morgan fingerprint density at radius 1 is 1.08 bits per heavy atom. The number of ether oxygens (including phenoxy) is 1. The quantitative estimate of drug-likeness (QED) is 0.719. The summed E-state index contributed by atoms with van der Waals surface area (Å²) in [4.78, 5) is 13.1. The lowest BCUT2D eigenvalue weighted by molar-refractivity contribution is -0.138. The van der Waals surface area contributed by atoms with Crippen LogP contribution in [0.2, 0.25) is 0 Å². The number of allylic oxidation sites excluding steroid dienone is 1. The van der Waals surface area contributed by atoms with Crippen molar-refractivity contribution < 1.29 is 9.53 Å². The molecule has 2 nitrogen and oxygen atoms in total. The molecule has 1 aromatic carbocycles.